The van der Waals surface area contributed by atoms with Crippen LogP contribution < -0.4 is 0 Å². The summed E-state index contributed by atoms with van der Waals surface area (Å²) in [6.45, 7) is 0. The van der Waals surface area contributed by atoms with Gasteiger partial charge in [0.2, 0.25) is 0 Å². The highest BCUT2D eigenvalue weighted by atomic mass is 16.3. The zero-order valence-corrected chi connectivity index (χ0v) is 22.4. The molecule has 0 radical (unpaired) electrons. The first kappa shape index (κ1) is 14.5. The average Bonchev–Trinajstić information content (AvgIpc) is 3.59. The van der Waals surface area contributed by atoms with E-state index in [-0.39, 0.29) is 32.7 Å². The molecule has 8 aromatic carbocycles. The molecule has 0 aliphatic rings. The topological polar surface area (TPSA) is 13.1 Å². The highest BCUT2D eigenvalue weighted by Gasteiger charge is 2.18. The minimum atomic E-state index is -0.712. The molecule has 43 heavy (non-hydrogen) atoms. The highest BCUT2D eigenvalue weighted by Crippen LogP contribution is 2.46. The second-order valence-electron chi connectivity index (χ2n) is 10.3. The Labute approximate surface area is 267 Å². The van der Waals surface area contributed by atoms with Gasteiger partial charge in [-0.3, -0.25) is 0 Å². The molecule has 1 aromatic heterocycles. The molecule has 0 saturated heterocycles. The fraction of sp³-hybridized carbons (Fsp3) is 0. The molecule has 9 aromatic rings. The van der Waals surface area contributed by atoms with Gasteiger partial charge in [-0.15, -0.1) is 0 Å². The molecule has 0 bridgehead atoms. The normalized spacial score (nSPS) is 16.0. The van der Waals surface area contributed by atoms with Crippen molar-refractivity contribution in [3.63, 3.8) is 0 Å². The van der Waals surface area contributed by atoms with Gasteiger partial charge in [-0.2, -0.15) is 0 Å². The number of fused-ring (bicyclic) bond motifs is 6. The van der Waals surface area contributed by atoms with Crippen molar-refractivity contribution in [3.8, 4) is 33.4 Å². The molecule has 200 valence electrons. The zero-order valence-electron chi connectivity index (χ0n) is 35.4. The molecule has 0 atom stereocenters. The van der Waals surface area contributed by atoms with Gasteiger partial charge in [0.1, 0.15) is 11.2 Å². The molecule has 1 heterocycles. The fourth-order valence-corrected chi connectivity index (χ4v) is 6.19. The van der Waals surface area contributed by atoms with E-state index in [4.69, 9.17) is 16.8 Å². The number of para-hydroxylation sites is 1. The summed E-state index contributed by atoms with van der Waals surface area (Å²) in [5, 5.41) is 2.48. The molecule has 9 rings (SSSR count). The van der Waals surface area contributed by atoms with E-state index >= 15 is 0 Å². The van der Waals surface area contributed by atoms with Gasteiger partial charge in [0.05, 0.1) is 17.8 Å². The molecule has 0 fully saturated rings. The zero-order chi connectivity index (χ0) is 39.6. The Bertz CT molecular complexity index is 3130. The standard InChI is InChI=1S/C42H26O/c1-2-12-27(13-3-1)41-34-15-4-6-17-36(34)42(37-18-7-5-16-35(37)41)33-22-11-20-30-29(19-10-21-31(30)33)28-24-25-40-38(26-28)32-14-8-9-23-39(32)43-40/h1-26H/i1D,2D,3D,4D,5D,6D,7D,12D,13D,15D,16D,17D,18D. The summed E-state index contributed by atoms with van der Waals surface area (Å²) in [4.78, 5) is 0. The van der Waals surface area contributed by atoms with Crippen LogP contribution in [0.3, 0.4) is 0 Å². The third-order valence-corrected chi connectivity index (χ3v) is 8.00. The number of hydrogen-bond acceptors (Lipinski definition) is 1. The van der Waals surface area contributed by atoms with Gasteiger partial charge in [0.15, 0.2) is 0 Å². The van der Waals surface area contributed by atoms with Crippen molar-refractivity contribution >= 4 is 54.3 Å². The SMILES string of the molecule is [2H]c1c([2H])c([2H])c(-c2c3c([2H])c([2H])c([2H])c([2H])c3c(-c3cccc4c(-c5ccc6oc7ccccc7c6c5)cccc34)c3c([2H])c([2H])c([2H])c([2H])c23)c([2H])c1[2H]. The number of rotatable bonds is 3. The molecule has 0 N–H and O–H groups in total. The lowest BCUT2D eigenvalue weighted by Gasteiger charge is -2.19. The van der Waals surface area contributed by atoms with Crippen molar-refractivity contribution < 1.29 is 22.2 Å². The van der Waals surface area contributed by atoms with E-state index in [1.807, 2.05) is 66.7 Å². The van der Waals surface area contributed by atoms with Crippen molar-refractivity contribution in [2.24, 2.45) is 0 Å². The Kier molecular flexibility index (Phi) is 3.18. The maximum absolute atomic E-state index is 9.32. The van der Waals surface area contributed by atoms with Gasteiger partial charge in [0, 0.05) is 10.8 Å². The van der Waals surface area contributed by atoms with Gasteiger partial charge >= 0.3 is 0 Å². The summed E-state index contributed by atoms with van der Waals surface area (Å²) in [5.41, 5.74) is 2.88. The monoisotopic (exact) mass is 559 g/mol. The first-order valence-corrected chi connectivity index (χ1v) is 13.7. The Hall–Kier alpha value is -5.66. The Morgan fingerprint density at radius 1 is 0.372 bits per heavy atom. The van der Waals surface area contributed by atoms with E-state index in [1.54, 1.807) is 12.1 Å². The molecular formula is C42H26O. The molecule has 1 nitrogen and oxygen atoms in total. The van der Waals surface area contributed by atoms with Crippen LogP contribution in [0.1, 0.15) is 17.8 Å². The van der Waals surface area contributed by atoms with E-state index < -0.39 is 84.1 Å². The first-order valence-electron chi connectivity index (χ1n) is 20.2. The second-order valence-corrected chi connectivity index (χ2v) is 10.3. The number of furan rings is 1. The van der Waals surface area contributed by atoms with Crippen molar-refractivity contribution in [2.45, 2.75) is 0 Å². The van der Waals surface area contributed by atoms with Crippen LogP contribution in [0.15, 0.2) is 162 Å². The van der Waals surface area contributed by atoms with Crippen molar-refractivity contribution in [2.75, 3.05) is 0 Å². The molecular weight excluding hydrogens is 520 g/mol. The average molecular weight is 560 g/mol. The third kappa shape index (κ3) is 3.65. The minimum absolute atomic E-state index is 0.0872. The fourth-order valence-electron chi connectivity index (χ4n) is 6.19. The summed E-state index contributed by atoms with van der Waals surface area (Å²) in [6.07, 6.45) is 0. The van der Waals surface area contributed by atoms with Crippen LogP contribution in [0.25, 0.3) is 87.6 Å². The smallest absolute Gasteiger partial charge is 0.135 e. The van der Waals surface area contributed by atoms with Crippen molar-refractivity contribution in [1.82, 2.24) is 0 Å². The summed E-state index contributed by atoms with van der Waals surface area (Å²) in [5.74, 6) is 0. The maximum atomic E-state index is 9.32. The van der Waals surface area contributed by atoms with E-state index in [0.29, 0.717) is 10.9 Å². The summed E-state index contributed by atoms with van der Waals surface area (Å²) >= 11 is 0. The second kappa shape index (κ2) is 9.44. The van der Waals surface area contributed by atoms with Crippen molar-refractivity contribution in [1.29, 1.82) is 0 Å². The van der Waals surface area contributed by atoms with Gasteiger partial charge in [-0.05, 0) is 83.9 Å². The van der Waals surface area contributed by atoms with E-state index in [2.05, 4.69) is 0 Å². The molecule has 0 saturated carbocycles. The Balaban J connectivity index is 1.49. The van der Waals surface area contributed by atoms with Gasteiger partial charge in [-0.1, -0.05) is 139 Å². The summed E-state index contributed by atoms with van der Waals surface area (Å²) in [6, 6.07) is 16.3. The first-order chi connectivity index (χ1) is 26.7. The Morgan fingerprint density at radius 3 is 1.65 bits per heavy atom. The maximum Gasteiger partial charge on any atom is 0.135 e. The molecule has 0 spiro atoms. The highest BCUT2D eigenvalue weighted by molar-refractivity contribution is 6.24. The van der Waals surface area contributed by atoms with Crippen LogP contribution in [0.4, 0.5) is 0 Å². The van der Waals surface area contributed by atoms with Crippen LogP contribution >= 0.6 is 0 Å². The summed E-state index contributed by atoms with van der Waals surface area (Å²) < 4.78 is 121. The third-order valence-electron chi connectivity index (χ3n) is 8.00. The minimum Gasteiger partial charge on any atom is -0.456 e. The lowest BCUT2D eigenvalue weighted by atomic mass is 9.84. The quantitative estimate of drug-likeness (QED) is 0.196. The Morgan fingerprint density at radius 2 is 0.930 bits per heavy atom. The largest absolute Gasteiger partial charge is 0.456 e. The van der Waals surface area contributed by atoms with Crippen LogP contribution in [0.5, 0.6) is 0 Å². The molecule has 0 aliphatic carbocycles. The lowest BCUT2D eigenvalue weighted by Crippen LogP contribution is -1.92. The van der Waals surface area contributed by atoms with E-state index in [1.165, 1.54) is 0 Å². The lowest BCUT2D eigenvalue weighted by molar-refractivity contribution is 0.669. The predicted octanol–water partition coefficient (Wildman–Crippen LogP) is 12.0. The number of hydrogen-bond donors (Lipinski definition) is 0. The molecule has 0 amide bonds. The molecule has 0 aliphatic heterocycles. The van der Waals surface area contributed by atoms with Crippen LogP contribution in [0.2, 0.25) is 0 Å². The van der Waals surface area contributed by atoms with Crippen molar-refractivity contribution in [3.05, 3.63) is 157 Å². The summed E-state index contributed by atoms with van der Waals surface area (Å²) in [7, 11) is 0. The van der Waals surface area contributed by atoms with Gasteiger partial charge in [0.25, 0.3) is 0 Å². The predicted molar refractivity (Wildman–Crippen MR) is 183 cm³/mol. The molecule has 1 heteroatoms. The van der Waals surface area contributed by atoms with Crippen LogP contribution in [-0.4, -0.2) is 0 Å². The van der Waals surface area contributed by atoms with Crippen LogP contribution in [0, 0.1) is 0 Å². The van der Waals surface area contributed by atoms with E-state index in [9.17, 15) is 5.48 Å². The van der Waals surface area contributed by atoms with Gasteiger partial charge in [-0.25, -0.2) is 0 Å². The van der Waals surface area contributed by atoms with Gasteiger partial charge < -0.3 is 4.42 Å². The number of benzene rings is 8. The van der Waals surface area contributed by atoms with E-state index in [0.717, 1.165) is 38.5 Å². The molecule has 0 unspecified atom stereocenters. The van der Waals surface area contributed by atoms with Crippen LogP contribution in [-0.2, 0) is 0 Å².